The van der Waals surface area contributed by atoms with E-state index in [1.165, 1.54) is 44.7 Å². The fourth-order valence-electron chi connectivity index (χ4n) is 7.51. The average Bonchev–Trinajstić information content (AvgIpc) is 3.29. The molecule has 0 spiro atoms. The summed E-state index contributed by atoms with van der Waals surface area (Å²) in [5.74, 6) is 3.51. The lowest BCUT2D eigenvalue weighted by atomic mass is 9.85. The maximum Gasteiger partial charge on any atom is 0.762 e. The summed E-state index contributed by atoms with van der Waals surface area (Å²) in [6.45, 7) is 28.9. The van der Waals surface area contributed by atoms with Gasteiger partial charge in [0.05, 0.1) is 18.6 Å². The molecule has 1 aromatic heterocycles. The molecule has 13 heteroatoms. The van der Waals surface area contributed by atoms with Crippen molar-refractivity contribution in [2.75, 3.05) is 14.1 Å². The van der Waals surface area contributed by atoms with Crippen LogP contribution in [0.1, 0.15) is 122 Å². The van der Waals surface area contributed by atoms with Crippen molar-refractivity contribution < 1.29 is 49.0 Å². The molecule has 4 aromatic carbocycles. The molecule has 0 fully saturated rings. The molecule has 2 heterocycles. The molecule has 2 aliphatic rings. The Bertz CT molecular complexity index is 2710. The molecule has 0 N–H and O–H groups in total. The van der Waals surface area contributed by atoms with Gasteiger partial charge in [0.1, 0.15) is 25.6 Å². The molecule has 0 saturated heterocycles. The van der Waals surface area contributed by atoms with Crippen molar-refractivity contribution in [1.82, 2.24) is 0 Å². The molecule has 3 nitrogen and oxygen atoms in total. The van der Waals surface area contributed by atoms with E-state index in [9.17, 15) is 25.9 Å². The van der Waals surface area contributed by atoms with E-state index in [1.54, 1.807) is 0 Å². The van der Waals surface area contributed by atoms with Crippen molar-refractivity contribution >= 4 is 32.1 Å². The first-order valence-electron chi connectivity index (χ1n) is 24.1. The summed E-state index contributed by atoms with van der Waals surface area (Å²) in [7, 11) is -3.22. The first-order valence-corrected chi connectivity index (χ1v) is 24.1. The summed E-state index contributed by atoms with van der Waals surface area (Å²) < 4.78 is 72.6. The molecule has 7 rings (SSSR count). The Hall–Kier alpha value is -6.49. The third kappa shape index (κ3) is 20.1. The van der Waals surface area contributed by atoms with E-state index < -0.39 is 15.1 Å². The first-order chi connectivity index (χ1) is 33.4. The molecule has 74 heavy (non-hydrogen) atoms. The minimum Gasteiger partial charge on any atom is -1.00 e. The van der Waals surface area contributed by atoms with Gasteiger partial charge in [0.2, 0.25) is 0 Å². The van der Waals surface area contributed by atoms with Gasteiger partial charge in [0.15, 0.2) is 5.71 Å². The number of halogens is 8. The number of rotatable bonds is 5. The molecule has 0 amide bonds. The highest BCUT2D eigenvalue weighted by atomic mass is 19.4. The molecule has 1 aliphatic heterocycles. The minimum atomic E-state index is -3.67. The Balaban J connectivity index is 0.000000446. The summed E-state index contributed by atoms with van der Waals surface area (Å²) in [4.78, 5) is 0. The van der Waals surface area contributed by atoms with Gasteiger partial charge in [-0.2, -0.15) is 0 Å². The third-order valence-corrected chi connectivity index (χ3v) is 11.8. The van der Waals surface area contributed by atoms with Crippen molar-refractivity contribution in [1.29, 1.82) is 0 Å². The van der Waals surface area contributed by atoms with Gasteiger partial charge in [-0.1, -0.05) is 174 Å². The first kappa shape index (κ1) is 63.6. The minimum absolute atomic E-state index is 0. The van der Waals surface area contributed by atoms with E-state index in [4.69, 9.17) is 9.15 Å². The molecular weight excluding hydrogens is 952 g/mol. The quantitative estimate of drug-likeness (QED) is 0.0758. The lowest BCUT2D eigenvalue weighted by Gasteiger charge is -2.22. The zero-order valence-corrected chi connectivity index (χ0v) is 45.5. The molecule has 0 bridgehead atoms. The number of nitrogens with zero attached hydrogens (tertiary/aromatic N) is 1. The van der Waals surface area contributed by atoms with Gasteiger partial charge in [-0.25, -0.2) is 8.99 Å². The standard InChI is InChI=1S/C35H40NO.C26H31O.2BF3.2FH/c1-34(2,3)29-16-12-26(13-17-29)28-23-32(22-11-25-9-20-31(21-10-25)36(7)8)37-33(24-28)27-14-18-30(19-15-27)35(4,5)6;1-18-16-21(19-8-12-22(13-9-19)25(2,3)4)17-24(27-18)20-10-14-23(15-11-20)26(5,6)7;2*2-1(3)4;;/h9-24H,1-8H3;8-17H,1-7H3;;;2*1H/q2*+1;;;;/p-2. The number of hydrogen-bond acceptors (Lipinski definition) is 1. The number of aryl methyl sites for hydroxylation is 1. The van der Waals surface area contributed by atoms with E-state index in [2.05, 4.69) is 260 Å². The molecule has 394 valence electrons. The van der Waals surface area contributed by atoms with Gasteiger partial charge in [-0.3, -0.25) is 25.9 Å². The molecular formula is C61H71B2F8NO2. The van der Waals surface area contributed by atoms with Crippen molar-refractivity contribution in [3.63, 3.8) is 0 Å². The summed E-state index contributed by atoms with van der Waals surface area (Å²) in [6.07, 6.45) is 17.0. The summed E-state index contributed by atoms with van der Waals surface area (Å²) in [5.41, 5.74) is 15.1. The number of benzene rings is 4. The van der Waals surface area contributed by atoms with Gasteiger partial charge >= 0.3 is 26.6 Å². The predicted molar refractivity (Wildman–Crippen MR) is 293 cm³/mol. The average molecular weight is 1020 g/mol. The lowest BCUT2D eigenvalue weighted by Crippen LogP contribution is -3.00. The highest BCUT2D eigenvalue weighted by molar-refractivity contribution is 6.33. The molecule has 0 saturated carbocycles. The van der Waals surface area contributed by atoms with E-state index in [0.717, 1.165) is 45.3 Å². The van der Waals surface area contributed by atoms with Crippen LogP contribution in [0.15, 0.2) is 174 Å². The number of hydrogen-bond donors (Lipinski definition) is 0. The van der Waals surface area contributed by atoms with Crippen LogP contribution in [0.4, 0.5) is 25.9 Å². The van der Waals surface area contributed by atoms with Crippen LogP contribution in [0.3, 0.4) is 0 Å². The van der Waals surface area contributed by atoms with Gasteiger partial charge < -0.3 is 14.1 Å². The Kier molecular flexibility index (Phi) is 23.4. The van der Waals surface area contributed by atoms with E-state index >= 15 is 0 Å². The smallest absolute Gasteiger partial charge is 0.762 e. The van der Waals surface area contributed by atoms with Crippen molar-refractivity contribution in [2.24, 2.45) is 0 Å². The van der Waals surface area contributed by atoms with E-state index in [1.807, 2.05) is 6.92 Å². The van der Waals surface area contributed by atoms with Gasteiger partial charge in [-0.15, -0.1) is 0 Å². The van der Waals surface area contributed by atoms with Gasteiger partial charge in [0.25, 0.3) is 0 Å². The summed E-state index contributed by atoms with van der Waals surface area (Å²) >= 11 is 0. The SMILES string of the molecule is C[N+](C)=C1C=CC(=CC=C2C=C(c3ccc(C(C)(C)C)cc3)C=C(c3ccc(C(C)(C)C)cc3)O2)C=C1.Cc1cc(-c2ccc(C(C)(C)C)cc2)cc(-c2ccc(C(C)(C)C)cc2)[o+]1.FB(F)F.FB(F)F.[F-].[F-]. The molecule has 1 aliphatic carbocycles. The van der Waals surface area contributed by atoms with Crippen molar-refractivity contribution in [3.05, 3.63) is 208 Å². The largest absolute Gasteiger partial charge is 1.00 e. The van der Waals surface area contributed by atoms with Crippen LogP contribution in [0, 0.1) is 6.92 Å². The van der Waals surface area contributed by atoms with Crippen LogP contribution in [0.25, 0.3) is 33.8 Å². The maximum absolute atomic E-state index is 9.67. The van der Waals surface area contributed by atoms with E-state index in [0.29, 0.717) is 0 Å². The highest BCUT2D eigenvalue weighted by Crippen LogP contribution is 2.35. The van der Waals surface area contributed by atoms with Crippen LogP contribution in [0.5, 0.6) is 0 Å². The zero-order valence-electron chi connectivity index (χ0n) is 45.5. The number of ether oxygens (including phenoxy) is 1. The van der Waals surface area contributed by atoms with Crippen LogP contribution in [-0.2, 0) is 26.4 Å². The molecule has 0 unspecified atom stereocenters. The zero-order chi connectivity index (χ0) is 53.8. The Morgan fingerprint density at radius 3 is 1.20 bits per heavy atom. The second-order valence-electron chi connectivity index (χ2n) is 22.1. The predicted octanol–water partition coefficient (Wildman–Crippen LogP) is 12.0. The summed E-state index contributed by atoms with van der Waals surface area (Å²) in [6, 6.07) is 39.5. The van der Waals surface area contributed by atoms with Crippen LogP contribution < -0.4 is 9.41 Å². The Morgan fingerprint density at radius 2 is 0.824 bits per heavy atom. The van der Waals surface area contributed by atoms with Crippen molar-refractivity contribution in [3.8, 4) is 22.5 Å². The van der Waals surface area contributed by atoms with E-state index in [-0.39, 0.29) is 31.1 Å². The van der Waals surface area contributed by atoms with Crippen LogP contribution in [-0.4, -0.2) is 39.5 Å². The number of allylic oxidation sites excluding steroid dienone is 10. The Morgan fingerprint density at radius 1 is 0.459 bits per heavy atom. The Labute approximate surface area is 436 Å². The maximum atomic E-state index is 9.67. The summed E-state index contributed by atoms with van der Waals surface area (Å²) in [5, 5.41) is 0. The second-order valence-corrected chi connectivity index (χ2v) is 22.1. The normalized spacial score (nSPS) is 13.7. The van der Waals surface area contributed by atoms with Gasteiger partial charge in [-0.05, 0) is 109 Å². The fourth-order valence-corrected chi connectivity index (χ4v) is 7.51. The highest BCUT2D eigenvalue weighted by Gasteiger charge is 2.22. The third-order valence-electron chi connectivity index (χ3n) is 11.8. The molecule has 0 radical (unpaired) electrons. The second kappa shape index (κ2) is 27.2. The molecule has 5 aromatic rings. The monoisotopic (exact) mass is 1020 g/mol. The molecule has 0 atom stereocenters. The topological polar surface area (TPSA) is 23.5 Å². The van der Waals surface area contributed by atoms with Crippen LogP contribution >= 0.6 is 0 Å². The van der Waals surface area contributed by atoms with Crippen LogP contribution in [0.2, 0.25) is 0 Å². The van der Waals surface area contributed by atoms with Gasteiger partial charge in [0, 0.05) is 29.3 Å². The lowest BCUT2D eigenvalue weighted by molar-refractivity contribution is -0.462. The fraction of sp³-hybridized carbons (Fsp3) is 0.311. The van der Waals surface area contributed by atoms with Crippen molar-refractivity contribution in [2.45, 2.75) is 112 Å².